The van der Waals surface area contributed by atoms with E-state index >= 15 is 0 Å². The maximum absolute atomic E-state index is 5.31. The number of benzene rings is 7. The Morgan fingerprint density at radius 3 is 1.45 bits per heavy atom. The van der Waals surface area contributed by atoms with Crippen molar-refractivity contribution in [2.24, 2.45) is 0 Å². The number of aromatic nitrogens is 3. The molecule has 0 saturated heterocycles. The van der Waals surface area contributed by atoms with Crippen LogP contribution in [0, 0.1) is 0 Å². The molecule has 0 aliphatic heterocycles. The van der Waals surface area contributed by atoms with Gasteiger partial charge in [-0.3, -0.25) is 0 Å². The fourth-order valence-corrected chi connectivity index (χ4v) is 6.82. The average molecular weight is 626 g/mol. The Labute approximate surface area is 285 Å². The van der Waals surface area contributed by atoms with Gasteiger partial charge in [0, 0.05) is 22.2 Å². The van der Waals surface area contributed by atoms with Gasteiger partial charge in [-0.25, -0.2) is 9.97 Å². The first-order valence-electron chi connectivity index (χ1n) is 16.6. The van der Waals surface area contributed by atoms with Crippen LogP contribution >= 0.6 is 0 Å². The summed E-state index contributed by atoms with van der Waals surface area (Å²) in [5.74, 6) is 0.707. The molecular formula is C46H31N3. The molecule has 9 rings (SSSR count). The lowest BCUT2D eigenvalue weighted by molar-refractivity contribution is 1.15. The highest BCUT2D eigenvalue weighted by atomic mass is 15.0. The Morgan fingerprint density at radius 1 is 0.347 bits per heavy atom. The first-order chi connectivity index (χ1) is 24.3. The van der Waals surface area contributed by atoms with Crippen molar-refractivity contribution in [1.29, 1.82) is 0 Å². The maximum atomic E-state index is 5.31. The average Bonchev–Trinajstić information content (AvgIpc) is 3.53. The zero-order chi connectivity index (χ0) is 32.6. The minimum absolute atomic E-state index is 0.707. The van der Waals surface area contributed by atoms with Gasteiger partial charge in [0.2, 0.25) is 0 Å². The topological polar surface area (TPSA) is 30.7 Å². The van der Waals surface area contributed by atoms with Gasteiger partial charge < -0.3 is 4.57 Å². The van der Waals surface area contributed by atoms with Crippen molar-refractivity contribution < 1.29 is 0 Å². The van der Waals surface area contributed by atoms with Crippen molar-refractivity contribution in [3.05, 3.63) is 188 Å². The lowest BCUT2D eigenvalue weighted by Crippen LogP contribution is -1.99. The fraction of sp³-hybridized carbons (Fsp3) is 0. The van der Waals surface area contributed by atoms with E-state index in [0.29, 0.717) is 5.82 Å². The molecule has 0 saturated carbocycles. The third kappa shape index (κ3) is 5.28. The van der Waals surface area contributed by atoms with Gasteiger partial charge >= 0.3 is 0 Å². The molecule has 0 aliphatic carbocycles. The molecule has 0 radical (unpaired) electrons. The Bertz CT molecular complexity index is 2570. The summed E-state index contributed by atoms with van der Waals surface area (Å²) in [6, 6.07) is 66.1. The second-order valence-corrected chi connectivity index (χ2v) is 12.3. The van der Waals surface area contributed by atoms with Crippen LogP contribution in [0.1, 0.15) is 0 Å². The van der Waals surface area contributed by atoms with Gasteiger partial charge in [-0.2, -0.15) is 0 Å². The minimum Gasteiger partial charge on any atom is -0.306 e. The maximum Gasteiger partial charge on any atom is 0.160 e. The molecule has 230 valence electrons. The van der Waals surface area contributed by atoms with Crippen molar-refractivity contribution in [2.45, 2.75) is 0 Å². The molecule has 0 spiro atoms. The third-order valence-corrected chi connectivity index (χ3v) is 9.21. The lowest BCUT2D eigenvalue weighted by atomic mass is 9.96. The minimum atomic E-state index is 0.707. The van der Waals surface area contributed by atoms with Crippen LogP contribution in [0.25, 0.3) is 83.6 Å². The molecule has 0 bridgehead atoms. The van der Waals surface area contributed by atoms with Crippen molar-refractivity contribution in [1.82, 2.24) is 14.5 Å². The molecule has 3 nitrogen and oxygen atoms in total. The summed E-state index contributed by atoms with van der Waals surface area (Å²) >= 11 is 0. The van der Waals surface area contributed by atoms with Crippen LogP contribution < -0.4 is 0 Å². The smallest absolute Gasteiger partial charge is 0.160 e. The van der Waals surface area contributed by atoms with E-state index in [1.807, 2.05) is 12.1 Å². The Kier molecular flexibility index (Phi) is 7.14. The van der Waals surface area contributed by atoms with Crippen LogP contribution in [-0.2, 0) is 0 Å². The number of fused-ring (bicyclic) bond motifs is 3. The van der Waals surface area contributed by atoms with Gasteiger partial charge in [0.25, 0.3) is 0 Å². The monoisotopic (exact) mass is 625 g/mol. The molecule has 0 unspecified atom stereocenters. The van der Waals surface area contributed by atoms with E-state index in [4.69, 9.17) is 9.97 Å². The van der Waals surface area contributed by atoms with Crippen LogP contribution in [0.5, 0.6) is 0 Å². The SMILES string of the molecule is c1ccc(-c2cccc(-c3ccc(-c4cccc(-c5nc(-c6ccccc6)c6c(n5)c5ccccc5n6-c5ccccc5)c4)cc3)c2)cc1. The molecule has 49 heavy (non-hydrogen) atoms. The summed E-state index contributed by atoms with van der Waals surface area (Å²) < 4.78 is 2.30. The van der Waals surface area contributed by atoms with Crippen molar-refractivity contribution in [3.63, 3.8) is 0 Å². The number of rotatable bonds is 6. The van der Waals surface area contributed by atoms with Gasteiger partial charge in [0.1, 0.15) is 5.52 Å². The molecule has 0 N–H and O–H groups in total. The van der Waals surface area contributed by atoms with Crippen molar-refractivity contribution >= 4 is 21.9 Å². The van der Waals surface area contributed by atoms with E-state index in [2.05, 4.69) is 180 Å². The highest BCUT2D eigenvalue weighted by Gasteiger charge is 2.21. The van der Waals surface area contributed by atoms with E-state index in [1.165, 1.54) is 22.3 Å². The second-order valence-electron chi connectivity index (χ2n) is 12.3. The molecule has 0 amide bonds. The highest BCUT2D eigenvalue weighted by molar-refractivity contribution is 6.11. The van der Waals surface area contributed by atoms with Gasteiger partial charge in [-0.15, -0.1) is 0 Å². The predicted octanol–water partition coefficient (Wildman–Crippen LogP) is 11.9. The third-order valence-electron chi connectivity index (χ3n) is 9.21. The van der Waals surface area contributed by atoms with E-state index in [1.54, 1.807) is 0 Å². The number of hydrogen-bond acceptors (Lipinski definition) is 2. The van der Waals surface area contributed by atoms with Gasteiger partial charge in [-0.1, -0.05) is 158 Å². The Morgan fingerprint density at radius 2 is 0.816 bits per heavy atom. The molecule has 0 atom stereocenters. The summed E-state index contributed by atoms with van der Waals surface area (Å²) in [4.78, 5) is 10.6. The number of hydrogen-bond donors (Lipinski definition) is 0. The van der Waals surface area contributed by atoms with Gasteiger partial charge in [0.05, 0.1) is 16.7 Å². The van der Waals surface area contributed by atoms with E-state index in [0.717, 1.165) is 55.6 Å². The molecular weight excluding hydrogens is 595 g/mol. The summed E-state index contributed by atoms with van der Waals surface area (Å²) in [5.41, 5.74) is 14.2. The van der Waals surface area contributed by atoms with E-state index < -0.39 is 0 Å². The Hall–Kier alpha value is -6.58. The first-order valence-corrected chi connectivity index (χ1v) is 16.6. The molecule has 2 heterocycles. The zero-order valence-corrected chi connectivity index (χ0v) is 26.7. The molecule has 0 fully saturated rings. The van der Waals surface area contributed by atoms with Gasteiger partial charge in [-0.05, 0) is 63.7 Å². The standard InChI is InChI=1S/C46H31N3/c1-4-14-32(15-5-1)36-18-12-19-37(30-36)33-26-28-34(29-27-33)38-20-13-21-39(31-38)46-47-43(35-16-6-2-7-17-35)45-44(48-46)41-24-10-11-25-42(41)49(45)40-22-8-3-9-23-40/h1-31H. The molecule has 9 aromatic rings. The summed E-state index contributed by atoms with van der Waals surface area (Å²) in [7, 11) is 0. The van der Waals surface area contributed by atoms with E-state index in [-0.39, 0.29) is 0 Å². The lowest BCUT2D eigenvalue weighted by Gasteiger charge is -2.12. The van der Waals surface area contributed by atoms with Crippen LogP contribution in [0.15, 0.2) is 188 Å². The summed E-state index contributed by atoms with van der Waals surface area (Å²) in [6.07, 6.45) is 0. The van der Waals surface area contributed by atoms with Crippen LogP contribution in [0.3, 0.4) is 0 Å². The van der Waals surface area contributed by atoms with Crippen molar-refractivity contribution in [2.75, 3.05) is 0 Å². The first kappa shape index (κ1) is 28.6. The quantitative estimate of drug-likeness (QED) is 0.184. The second kappa shape index (κ2) is 12.2. The van der Waals surface area contributed by atoms with Crippen LogP contribution in [-0.4, -0.2) is 14.5 Å². The molecule has 0 aliphatic rings. The van der Waals surface area contributed by atoms with Gasteiger partial charge in [0.15, 0.2) is 5.82 Å². The molecule has 7 aromatic carbocycles. The largest absolute Gasteiger partial charge is 0.306 e. The summed E-state index contributed by atoms with van der Waals surface area (Å²) in [6.45, 7) is 0. The number of nitrogens with zero attached hydrogens (tertiary/aromatic N) is 3. The van der Waals surface area contributed by atoms with Crippen molar-refractivity contribution in [3.8, 4) is 61.7 Å². The normalized spacial score (nSPS) is 11.3. The van der Waals surface area contributed by atoms with E-state index in [9.17, 15) is 0 Å². The van der Waals surface area contributed by atoms with Crippen LogP contribution in [0.2, 0.25) is 0 Å². The highest BCUT2D eigenvalue weighted by Crippen LogP contribution is 2.38. The van der Waals surface area contributed by atoms with Crippen LogP contribution in [0.4, 0.5) is 0 Å². The fourth-order valence-electron chi connectivity index (χ4n) is 6.82. The zero-order valence-electron chi connectivity index (χ0n) is 26.7. The molecule has 3 heteroatoms. The number of para-hydroxylation sites is 2. The Balaban J connectivity index is 1.15. The molecule has 2 aromatic heterocycles. The summed E-state index contributed by atoms with van der Waals surface area (Å²) in [5, 5.41) is 1.10. The predicted molar refractivity (Wildman–Crippen MR) is 204 cm³/mol.